The van der Waals surface area contributed by atoms with Gasteiger partial charge in [0.05, 0.1) is 16.3 Å². The molecule has 0 saturated heterocycles. The Balaban J connectivity index is 1.65. The summed E-state index contributed by atoms with van der Waals surface area (Å²) in [5, 5.41) is 0. The minimum absolute atomic E-state index is 0.122. The molecule has 0 N–H and O–H groups in total. The van der Waals surface area contributed by atoms with Gasteiger partial charge >= 0.3 is 5.97 Å². The molecule has 0 amide bonds. The summed E-state index contributed by atoms with van der Waals surface area (Å²) in [6.07, 6.45) is 4.50. The molecule has 1 saturated carbocycles. The van der Waals surface area contributed by atoms with E-state index in [-0.39, 0.29) is 30.2 Å². The lowest BCUT2D eigenvalue weighted by molar-refractivity contribution is -0.150. The molecule has 1 aliphatic rings. The summed E-state index contributed by atoms with van der Waals surface area (Å²) < 4.78 is 18.4. The van der Waals surface area contributed by atoms with Gasteiger partial charge in [-0.2, -0.15) is 0 Å². The van der Waals surface area contributed by atoms with Gasteiger partial charge in [0.1, 0.15) is 12.4 Å². The second kappa shape index (κ2) is 6.35. The monoisotopic (exact) mass is 305 g/mol. The maximum absolute atomic E-state index is 13.0. The summed E-state index contributed by atoms with van der Waals surface area (Å²) >= 11 is 1.48. The fraction of sp³-hybridized carbons (Fsp3) is 0.375. The normalized spacial score (nSPS) is 21.4. The standard InChI is InChI=1S/C16H16FNO2S/c17-12-6-4-11(5-7-12)14-2-1-3-15(14)16(19)20-9-13-8-18-10-21-13/h4-8,10,14-15H,1-3,9H2/t14-,15-/m0/s1. The molecule has 1 aliphatic carbocycles. The molecular weight excluding hydrogens is 289 g/mol. The molecule has 5 heteroatoms. The Morgan fingerprint density at radius 1 is 1.33 bits per heavy atom. The van der Waals surface area contributed by atoms with E-state index in [1.807, 2.05) is 0 Å². The van der Waals surface area contributed by atoms with Gasteiger partial charge in [-0.3, -0.25) is 9.78 Å². The van der Waals surface area contributed by atoms with Crippen LogP contribution in [0.4, 0.5) is 4.39 Å². The highest BCUT2D eigenvalue weighted by atomic mass is 32.1. The minimum atomic E-state index is -0.249. The molecule has 0 radical (unpaired) electrons. The van der Waals surface area contributed by atoms with Gasteiger partial charge < -0.3 is 4.74 Å². The maximum atomic E-state index is 13.0. The van der Waals surface area contributed by atoms with Crippen LogP contribution in [-0.4, -0.2) is 11.0 Å². The van der Waals surface area contributed by atoms with Crippen LogP contribution in [0.5, 0.6) is 0 Å². The molecule has 0 unspecified atom stereocenters. The quantitative estimate of drug-likeness (QED) is 0.804. The molecule has 1 aromatic carbocycles. The van der Waals surface area contributed by atoms with Gasteiger partial charge in [-0.25, -0.2) is 4.39 Å². The summed E-state index contributed by atoms with van der Waals surface area (Å²) in [4.78, 5) is 17.2. The van der Waals surface area contributed by atoms with Gasteiger partial charge in [0.15, 0.2) is 0 Å². The Morgan fingerprint density at radius 3 is 2.86 bits per heavy atom. The largest absolute Gasteiger partial charge is 0.460 e. The van der Waals surface area contributed by atoms with Crippen molar-refractivity contribution in [2.45, 2.75) is 31.8 Å². The Bertz CT molecular complexity index is 597. The Morgan fingerprint density at radius 2 is 2.14 bits per heavy atom. The van der Waals surface area contributed by atoms with Crippen molar-refractivity contribution in [3.8, 4) is 0 Å². The molecule has 3 rings (SSSR count). The van der Waals surface area contributed by atoms with Gasteiger partial charge in [-0.15, -0.1) is 11.3 Å². The number of thiazole rings is 1. The van der Waals surface area contributed by atoms with E-state index in [1.54, 1.807) is 23.8 Å². The highest BCUT2D eigenvalue weighted by molar-refractivity contribution is 7.09. The highest BCUT2D eigenvalue weighted by Gasteiger charge is 2.35. The van der Waals surface area contributed by atoms with Crippen LogP contribution in [0.15, 0.2) is 36.0 Å². The number of halogens is 1. The Kier molecular flexibility index (Phi) is 4.29. The Labute approximate surface area is 126 Å². The van der Waals surface area contributed by atoms with Crippen LogP contribution < -0.4 is 0 Å². The summed E-state index contributed by atoms with van der Waals surface area (Å²) in [5.41, 5.74) is 2.74. The minimum Gasteiger partial charge on any atom is -0.460 e. The smallest absolute Gasteiger partial charge is 0.309 e. The molecule has 1 fully saturated rings. The zero-order chi connectivity index (χ0) is 14.7. The summed E-state index contributed by atoms with van der Waals surface area (Å²) in [6.45, 7) is 0.288. The van der Waals surface area contributed by atoms with E-state index < -0.39 is 0 Å². The average Bonchev–Trinajstić information content (AvgIpc) is 3.17. The third kappa shape index (κ3) is 3.29. The van der Waals surface area contributed by atoms with E-state index in [1.165, 1.54) is 23.5 Å². The third-order valence-corrected chi connectivity index (χ3v) is 4.71. The molecule has 1 heterocycles. The van der Waals surface area contributed by atoms with Gasteiger partial charge in [0, 0.05) is 6.20 Å². The van der Waals surface area contributed by atoms with Crippen molar-refractivity contribution in [3.63, 3.8) is 0 Å². The average molecular weight is 305 g/mol. The predicted molar refractivity (Wildman–Crippen MR) is 78.4 cm³/mol. The Hall–Kier alpha value is -1.75. The van der Waals surface area contributed by atoms with Crippen LogP contribution in [0.1, 0.15) is 35.6 Å². The maximum Gasteiger partial charge on any atom is 0.309 e. The fourth-order valence-electron chi connectivity index (χ4n) is 2.91. The van der Waals surface area contributed by atoms with E-state index >= 15 is 0 Å². The van der Waals surface area contributed by atoms with Crippen LogP contribution >= 0.6 is 11.3 Å². The number of nitrogens with zero attached hydrogens (tertiary/aromatic N) is 1. The summed E-state index contributed by atoms with van der Waals surface area (Å²) in [6, 6.07) is 6.45. The van der Waals surface area contributed by atoms with Gasteiger partial charge in [0.2, 0.25) is 0 Å². The van der Waals surface area contributed by atoms with E-state index in [9.17, 15) is 9.18 Å². The number of benzene rings is 1. The van der Waals surface area contributed by atoms with Gasteiger partial charge in [0.25, 0.3) is 0 Å². The number of ether oxygens (including phenoxy) is 1. The molecular formula is C16H16FNO2S. The van der Waals surface area contributed by atoms with E-state index in [4.69, 9.17) is 4.74 Å². The first-order chi connectivity index (χ1) is 10.2. The zero-order valence-electron chi connectivity index (χ0n) is 11.5. The van der Waals surface area contributed by atoms with E-state index in [2.05, 4.69) is 4.98 Å². The molecule has 21 heavy (non-hydrogen) atoms. The van der Waals surface area contributed by atoms with Crippen LogP contribution in [-0.2, 0) is 16.1 Å². The topological polar surface area (TPSA) is 39.2 Å². The number of rotatable bonds is 4. The van der Waals surface area contributed by atoms with Crippen molar-refractivity contribution in [1.82, 2.24) is 4.98 Å². The van der Waals surface area contributed by atoms with Crippen molar-refractivity contribution in [2.24, 2.45) is 5.92 Å². The van der Waals surface area contributed by atoms with E-state index in [0.717, 1.165) is 29.7 Å². The second-order valence-electron chi connectivity index (χ2n) is 5.27. The first kappa shape index (κ1) is 14.2. The van der Waals surface area contributed by atoms with Crippen LogP contribution in [0.25, 0.3) is 0 Å². The number of esters is 1. The van der Waals surface area contributed by atoms with Crippen molar-refractivity contribution in [2.75, 3.05) is 0 Å². The van der Waals surface area contributed by atoms with Gasteiger partial charge in [-0.05, 0) is 36.5 Å². The second-order valence-corrected chi connectivity index (χ2v) is 6.24. The zero-order valence-corrected chi connectivity index (χ0v) is 12.3. The molecule has 3 nitrogen and oxygen atoms in total. The summed E-state index contributed by atoms with van der Waals surface area (Å²) in [5.74, 6) is -0.390. The molecule has 0 bridgehead atoms. The van der Waals surface area contributed by atoms with Crippen molar-refractivity contribution < 1.29 is 13.9 Å². The molecule has 2 atom stereocenters. The molecule has 0 spiro atoms. The van der Waals surface area contributed by atoms with Crippen LogP contribution in [0.3, 0.4) is 0 Å². The molecule has 1 aromatic heterocycles. The van der Waals surface area contributed by atoms with Crippen LogP contribution in [0, 0.1) is 11.7 Å². The molecule has 110 valence electrons. The molecule has 2 aromatic rings. The van der Waals surface area contributed by atoms with Gasteiger partial charge in [-0.1, -0.05) is 18.6 Å². The predicted octanol–water partition coefficient (Wildman–Crippen LogP) is 3.91. The number of carbonyl (C=O) groups excluding carboxylic acids is 1. The lowest BCUT2D eigenvalue weighted by Crippen LogP contribution is -2.20. The first-order valence-electron chi connectivity index (χ1n) is 7.03. The highest BCUT2D eigenvalue weighted by Crippen LogP contribution is 2.40. The SMILES string of the molecule is O=C(OCc1cncs1)[C@H]1CCC[C@H]1c1ccc(F)cc1. The van der Waals surface area contributed by atoms with Crippen molar-refractivity contribution >= 4 is 17.3 Å². The van der Waals surface area contributed by atoms with Crippen molar-refractivity contribution in [1.29, 1.82) is 0 Å². The third-order valence-electron chi connectivity index (χ3n) is 3.96. The number of aromatic nitrogens is 1. The summed E-state index contributed by atoms with van der Waals surface area (Å²) in [7, 11) is 0. The number of carbonyl (C=O) groups is 1. The first-order valence-corrected chi connectivity index (χ1v) is 7.91. The molecule has 0 aliphatic heterocycles. The fourth-order valence-corrected chi connectivity index (χ4v) is 3.42. The lowest BCUT2D eigenvalue weighted by atomic mass is 9.89. The number of hydrogen-bond acceptors (Lipinski definition) is 4. The lowest BCUT2D eigenvalue weighted by Gasteiger charge is -2.18. The van der Waals surface area contributed by atoms with E-state index in [0.29, 0.717) is 0 Å². The van der Waals surface area contributed by atoms with Crippen molar-refractivity contribution in [3.05, 3.63) is 52.2 Å². The van der Waals surface area contributed by atoms with Crippen LogP contribution in [0.2, 0.25) is 0 Å². The number of hydrogen-bond donors (Lipinski definition) is 0.